The van der Waals surface area contributed by atoms with E-state index in [1.165, 1.54) is 25.7 Å². The zero-order valence-electron chi connectivity index (χ0n) is 36.4. The lowest BCUT2D eigenvalue weighted by molar-refractivity contribution is -0.161. The van der Waals surface area contributed by atoms with Gasteiger partial charge in [0.25, 0.3) is 0 Å². The van der Waals surface area contributed by atoms with Crippen LogP contribution < -0.4 is 5.73 Å². The van der Waals surface area contributed by atoms with Crippen LogP contribution in [-0.4, -0.2) is 49.3 Å². The van der Waals surface area contributed by atoms with Gasteiger partial charge >= 0.3 is 19.8 Å². The second kappa shape index (κ2) is 44.0. The molecular weight excluding hydrogens is 762 g/mol. The standard InChI is InChI=1S/C49H78NO8P/c1-3-5-7-9-11-13-15-17-19-21-23-25-27-29-31-33-35-37-39-41-48(51)55-45-47(46-57-59(53,54)56-44-43-50)58-49(52)42-40-38-36-34-32-30-28-26-24-22-20-18-16-14-12-10-8-6-4-2/h5,7,11-14,17-20,23-26,29-32,36,38,47H,3-4,6,8-10,15-16,21-22,27-28,33-35,37,39-46,50H2,1-2H3,(H,53,54)/t47-/m1/s1. The molecule has 0 aliphatic heterocycles. The third-order valence-corrected chi connectivity index (χ3v) is 9.33. The fourth-order valence-electron chi connectivity index (χ4n) is 5.11. The van der Waals surface area contributed by atoms with Gasteiger partial charge in [0.05, 0.1) is 13.2 Å². The topological polar surface area (TPSA) is 134 Å². The summed E-state index contributed by atoms with van der Waals surface area (Å²) in [4.78, 5) is 34.9. The van der Waals surface area contributed by atoms with E-state index >= 15 is 0 Å². The lowest BCUT2D eigenvalue weighted by Gasteiger charge is -2.19. The van der Waals surface area contributed by atoms with E-state index in [1.807, 2.05) is 12.2 Å². The summed E-state index contributed by atoms with van der Waals surface area (Å²) in [6, 6.07) is 0. The fourth-order valence-corrected chi connectivity index (χ4v) is 5.88. The van der Waals surface area contributed by atoms with E-state index in [1.54, 1.807) is 0 Å². The Bertz CT molecular complexity index is 1370. The first-order chi connectivity index (χ1) is 28.8. The Kier molecular flexibility index (Phi) is 41.3. The summed E-state index contributed by atoms with van der Waals surface area (Å²) < 4.78 is 32.7. The molecule has 9 nitrogen and oxygen atoms in total. The number of phosphoric ester groups is 1. The van der Waals surface area contributed by atoms with Crippen molar-refractivity contribution in [1.82, 2.24) is 0 Å². The number of hydrogen-bond donors (Lipinski definition) is 2. The molecule has 0 aliphatic rings. The lowest BCUT2D eigenvalue weighted by Crippen LogP contribution is -2.29. The molecule has 10 heteroatoms. The van der Waals surface area contributed by atoms with Gasteiger partial charge in [-0.05, 0) is 96.3 Å². The number of carbonyl (C=O) groups excluding carboxylic acids is 2. The van der Waals surface area contributed by atoms with Crippen molar-refractivity contribution in [2.45, 2.75) is 148 Å². The number of hydrogen-bond acceptors (Lipinski definition) is 8. The van der Waals surface area contributed by atoms with Gasteiger partial charge in [-0.1, -0.05) is 155 Å². The Morgan fingerprint density at radius 1 is 0.525 bits per heavy atom. The van der Waals surface area contributed by atoms with E-state index in [2.05, 4.69) is 123 Å². The van der Waals surface area contributed by atoms with Crippen molar-refractivity contribution in [3.8, 4) is 0 Å². The highest BCUT2D eigenvalue weighted by Crippen LogP contribution is 2.43. The quantitative estimate of drug-likeness (QED) is 0.0268. The van der Waals surface area contributed by atoms with E-state index in [9.17, 15) is 19.0 Å². The average Bonchev–Trinajstić information content (AvgIpc) is 3.22. The molecule has 0 aromatic carbocycles. The van der Waals surface area contributed by atoms with Crippen LogP contribution in [0.5, 0.6) is 0 Å². The Hall–Kier alpha value is -3.59. The van der Waals surface area contributed by atoms with E-state index in [0.717, 1.165) is 77.0 Å². The van der Waals surface area contributed by atoms with Crippen LogP contribution in [0, 0.1) is 0 Å². The summed E-state index contributed by atoms with van der Waals surface area (Å²) in [6.45, 7) is 3.43. The van der Waals surface area contributed by atoms with Crippen molar-refractivity contribution in [3.05, 3.63) is 122 Å². The van der Waals surface area contributed by atoms with Gasteiger partial charge in [-0.2, -0.15) is 0 Å². The molecule has 0 rings (SSSR count). The molecule has 0 aromatic rings. The number of ether oxygens (including phenoxy) is 2. The average molecular weight is 840 g/mol. The number of esters is 2. The second-order valence-electron chi connectivity index (χ2n) is 13.8. The normalized spacial score (nSPS) is 14.4. The summed E-state index contributed by atoms with van der Waals surface area (Å²) in [5, 5.41) is 0. The predicted molar refractivity (Wildman–Crippen MR) is 247 cm³/mol. The molecule has 0 bridgehead atoms. The summed E-state index contributed by atoms with van der Waals surface area (Å²) in [5.41, 5.74) is 5.34. The van der Waals surface area contributed by atoms with Crippen molar-refractivity contribution < 1.29 is 37.6 Å². The molecule has 1 unspecified atom stereocenters. The van der Waals surface area contributed by atoms with Gasteiger partial charge in [0, 0.05) is 19.4 Å². The van der Waals surface area contributed by atoms with E-state index in [4.69, 9.17) is 24.3 Å². The predicted octanol–water partition coefficient (Wildman–Crippen LogP) is 12.9. The van der Waals surface area contributed by atoms with Gasteiger partial charge in [0.15, 0.2) is 6.10 Å². The molecule has 59 heavy (non-hydrogen) atoms. The van der Waals surface area contributed by atoms with Crippen LogP contribution in [0.4, 0.5) is 0 Å². The molecule has 0 saturated carbocycles. The summed E-state index contributed by atoms with van der Waals surface area (Å²) in [5.74, 6) is -0.977. The van der Waals surface area contributed by atoms with Gasteiger partial charge in [0.1, 0.15) is 6.61 Å². The van der Waals surface area contributed by atoms with Crippen molar-refractivity contribution >= 4 is 19.8 Å². The van der Waals surface area contributed by atoms with Crippen LogP contribution >= 0.6 is 7.82 Å². The smallest absolute Gasteiger partial charge is 0.462 e. The van der Waals surface area contributed by atoms with Crippen LogP contribution in [0.25, 0.3) is 0 Å². The number of phosphoric acid groups is 1. The molecular formula is C49H78NO8P. The lowest BCUT2D eigenvalue weighted by atomic mass is 10.1. The van der Waals surface area contributed by atoms with Gasteiger partial charge in [-0.25, -0.2) is 4.57 Å². The first-order valence-corrected chi connectivity index (χ1v) is 23.5. The Morgan fingerprint density at radius 2 is 0.966 bits per heavy atom. The van der Waals surface area contributed by atoms with Gasteiger partial charge in [-0.3, -0.25) is 18.6 Å². The minimum atomic E-state index is -4.42. The molecule has 0 aliphatic carbocycles. The summed E-state index contributed by atoms with van der Waals surface area (Å²) >= 11 is 0. The van der Waals surface area contributed by atoms with Gasteiger partial charge in [-0.15, -0.1) is 0 Å². The molecule has 0 heterocycles. The Labute approximate surface area is 358 Å². The molecule has 0 aromatic heterocycles. The third kappa shape index (κ3) is 43.8. The number of allylic oxidation sites excluding steroid dienone is 20. The van der Waals surface area contributed by atoms with E-state index in [-0.39, 0.29) is 32.6 Å². The SMILES string of the molecule is CCC=CCC=CCC=CCC=CCC=CCCCCCC(=O)OC[C@H](COP(=O)(O)OCCN)OC(=O)CCC=CCC=CCC=CCC=CCC=CCCCCC. The molecule has 0 fully saturated rings. The highest BCUT2D eigenvalue weighted by Gasteiger charge is 2.25. The maximum absolute atomic E-state index is 12.6. The summed E-state index contributed by atoms with van der Waals surface area (Å²) in [7, 11) is -4.42. The molecule has 0 spiro atoms. The highest BCUT2D eigenvalue weighted by molar-refractivity contribution is 7.47. The van der Waals surface area contributed by atoms with Crippen LogP contribution in [0.2, 0.25) is 0 Å². The third-order valence-electron chi connectivity index (χ3n) is 8.35. The summed E-state index contributed by atoms with van der Waals surface area (Å²) in [6.07, 6.45) is 59.6. The maximum Gasteiger partial charge on any atom is 0.472 e. The van der Waals surface area contributed by atoms with E-state index in [0.29, 0.717) is 12.8 Å². The van der Waals surface area contributed by atoms with Crippen molar-refractivity contribution in [2.24, 2.45) is 5.73 Å². The number of unbranched alkanes of at least 4 members (excludes halogenated alkanes) is 6. The molecule has 332 valence electrons. The van der Waals surface area contributed by atoms with Crippen molar-refractivity contribution in [3.63, 3.8) is 0 Å². The molecule has 2 atom stereocenters. The van der Waals surface area contributed by atoms with Crippen LogP contribution in [0.15, 0.2) is 122 Å². The highest BCUT2D eigenvalue weighted by atomic mass is 31.2. The minimum absolute atomic E-state index is 0.0299. The molecule has 0 radical (unpaired) electrons. The molecule has 0 saturated heterocycles. The largest absolute Gasteiger partial charge is 0.472 e. The Morgan fingerprint density at radius 3 is 1.42 bits per heavy atom. The zero-order valence-corrected chi connectivity index (χ0v) is 37.3. The van der Waals surface area contributed by atoms with E-state index < -0.39 is 32.5 Å². The minimum Gasteiger partial charge on any atom is -0.462 e. The van der Waals surface area contributed by atoms with Crippen LogP contribution in [0.1, 0.15) is 142 Å². The Balaban J connectivity index is 4.37. The maximum atomic E-state index is 12.6. The fraction of sp³-hybridized carbons (Fsp3) is 0.551. The number of nitrogens with two attached hydrogens (primary N) is 1. The van der Waals surface area contributed by atoms with Crippen molar-refractivity contribution in [2.75, 3.05) is 26.4 Å². The molecule has 3 N–H and O–H groups in total. The zero-order chi connectivity index (χ0) is 43.2. The first kappa shape index (κ1) is 55.4. The first-order valence-electron chi connectivity index (χ1n) is 22.0. The van der Waals surface area contributed by atoms with Gasteiger partial charge in [0.2, 0.25) is 0 Å². The van der Waals surface area contributed by atoms with Gasteiger partial charge < -0.3 is 20.1 Å². The number of carbonyl (C=O) groups is 2. The second-order valence-corrected chi connectivity index (χ2v) is 15.3. The van der Waals surface area contributed by atoms with Crippen LogP contribution in [0.3, 0.4) is 0 Å². The van der Waals surface area contributed by atoms with Crippen LogP contribution in [-0.2, 0) is 32.7 Å². The monoisotopic (exact) mass is 840 g/mol. The number of rotatable bonds is 39. The molecule has 0 amide bonds. The van der Waals surface area contributed by atoms with Crippen molar-refractivity contribution in [1.29, 1.82) is 0 Å².